The summed E-state index contributed by atoms with van der Waals surface area (Å²) in [6.07, 6.45) is 10.9. The molecule has 2 rings (SSSR count). The van der Waals surface area contributed by atoms with Crippen molar-refractivity contribution in [2.75, 3.05) is 12.8 Å². The van der Waals surface area contributed by atoms with Crippen molar-refractivity contribution in [2.45, 2.75) is 82.4 Å². The van der Waals surface area contributed by atoms with Crippen molar-refractivity contribution in [1.82, 2.24) is 5.32 Å². The van der Waals surface area contributed by atoms with Gasteiger partial charge in [-0.1, -0.05) is 25.7 Å². The highest BCUT2D eigenvalue weighted by atomic mass is 32.2. The van der Waals surface area contributed by atoms with Crippen molar-refractivity contribution < 1.29 is 8.42 Å². The van der Waals surface area contributed by atoms with Crippen LogP contribution in [0.3, 0.4) is 0 Å². The maximum Gasteiger partial charge on any atom is 0.154 e. The molecule has 0 heterocycles. The molecular formula is C16H31NO2S. The Morgan fingerprint density at radius 3 is 1.90 bits per heavy atom. The molecule has 0 saturated heterocycles. The Bertz CT molecular complexity index is 432. The fraction of sp³-hybridized carbons (Fsp3) is 1.00. The fourth-order valence-electron chi connectivity index (χ4n) is 4.09. The second-order valence-electron chi connectivity index (χ2n) is 8.33. The van der Waals surface area contributed by atoms with E-state index in [0.29, 0.717) is 12.0 Å². The molecule has 2 saturated carbocycles. The van der Waals surface area contributed by atoms with Gasteiger partial charge in [0.2, 0.25) is 0 Å². The number of hydrogen-bond acceptors (Lipinski definition) is 3. The zero-order chi connectivity index (χ0) is 15.1. The van der Waals surface area contributed by atoms with E-state index < -0.39 is 14.6 Å². The lowest BCUT2D eigenvalue weighted by molar-refractivity contribution is 0.0525. The zero-order valence-corrected chi connectivity index (χ0v) is 14.4. The quantitative estimate of drug-likeness (QED) is 0.870. The molecule has 0 radical (unpaired) electrons. The van der Waals surface area contributed by atoms with Crippen molar-refractivity contribution in [1.29, 1.82) is 0 Å². The summed E-state index contributed by atoms with van der Waals surface area (Å²) in [4.78, 5) is 0. The molecule has 118 valence electrons. The number of sulfone groups is 1. The van der Waals surface area contributed by atoms with E-state index >= 15 is 0 Å². The Morgan fingerprint density at radius 1 is 1.00 bits per heavy atom. The highest BCUT2D eigenvalue weighted by Gasteiger charge is 2.59. The third-order valence-electron chi connectivity index (χ3n) is 5.29. The van der Waals surface area contributed by atoms with Crippen LogP contribution in [0.1, 0.15) is 72.1 Å². The minimum Gasteiger partial charge on any atom is -0.310 e. The smallest absolute Gasteiger partial charge is 0.154 e. The van der Waals surface area contributed by atoms with Crippen molar-refractivity contribution in [2.24, 2.45) is 5.41 Å². The summed E-state index contributed by atoms with van der Waals surface area (Å²) in [5, 5.41) is 3.43. The van der Waals surface area contributed by atoms with Gasteiger partial charge in [0.05, 0.1) is 4.75 Å². The molecule has 1 spiro atoms. The van der Waals surface area contributed by atoms with Crippen LogP contribution in [0.5, 0.6) is 0 Å². The Hall–Kier alpha value is -0.0900. The van der Waals surface area contributed by atoms with Crippen molar-refractivity contribution in [3.8, 4) is 0 Å². The molecule has 0 aromatic carbocycles. The van der Waals surface area contributed by atoms with Gasteiger partial charge in [-0.3, -0.25) is 0 Å². The first-order chi connectivity index (χ1) is 9.08. The van der Waals surface area contributed by atoms with Crippen molar-refractivity contribution >= 4 is 9.84 Å². The van der Waals surface area contributed by atoms with Gasteiger partial charge < -0.3 is 5.32 Å². The molecule has 0 bridgehead atoms. The lowest BCUT2D eigenvalue weighted by Gasteiger charge is -2.56. The van der Waals surface area contributed by atoms with Gasteiger partial charge in [-0.05, 0) is 51.9 Å². The second-order valence-corrected chi connectivity index (χ2v) is 10.7. The standard InChI is InChI=1S/C16H31NO2S/c1-14(2,3)17-13-16(20(4,18)19)11-15(12-16)9-7-5-6-8-10-15/h17H,5-13H2,1-4H3. The largest absolute Gasteiger partial charge is 0.310 e. The van der Waals surface area contributed by atoms with E-state index in [4.69, 9.17) is 0 Å². The van der Waals surface area contributed by atoms with Gasteiger partial charge in [-0.15, -0.1) is 0 Å². The number of nitrogens with one attached hydrogen (secondary N) is 1. The van der Waals surface area contributed by atoms with E-state index in [1.165, 1.54) is 44.8 Å². The molecule has 0 aromatic heterocycles. The lowest BCUT2D eigenvalue weighted by atomic mass is 9.57. The normalized spacial score (nSPS) is 26.0. The highest BCUT2D eigenvalue weighted by molar-refractivity contribution is 7.92. The van der Waals surface area contributed by atoms with Crippen LogP contribution in [0.4, 0.5) is 0 Å². The van der Waals surface area contributed by atoms with Crippen molar-refractivity contribution in [3.63, 3.8) is 0 Å². The van der Waals surface area contributed by atoms with Gasteiger partial charge in [-0.2, -0.15) is 0 Å². The Labute approximate surface area is 124 Å². The monoisotopic (exact) mass is 301 g/mol. The van der Waals surface area contributed by atoms with Crippen LogP contribution in [-0.2, 0) is 9.84 Å². The van der Waals surface area contributed by atoms with E-state index in [2.05, 4.69) is 26.1 Å². The molecule has 2 fully saturated rings. The minimum absolute atomic E-state index is 0.0239. The molecule has 4 heteroatoms. The molecule has 2 aliphatic carbocycles. The SMILES string of the molecule is CC(C)(C)NCC1(S(C)(=O)=O)CC2(CCCCCC2)C1. The fourth-order valence-corrected chi connectivity index (χ4v) is 5.56. The molecule has 1 N–H and O–H groups in total. The van der Waals surface area contributed by atoms with E-state index in [1.54, 1.807) is 0 Å². The first kappa shape index (κ1) is 16.3. The summed E-state index contributed by atoms with van der Waals surface area (Å²) >= 11 is 0. The van der Waals surface area contributed by atoms with Gasteiger partial charge in [0.25, 0.3) is 0 Å². The molecule has 2 aliphatic rings. The van der Waals surface area contributed by atoms with Crippen LogP contribution >= 0.6 is 0 Å². The summed E-state index contributed by atoms with van der Waals surface area (Å²) in [6, 6.07) is 0. The Kier molecular flexibility index (Phi) is 4.29. The second kappa shape index (κ2) is 5.28. The summed E-state index contributed by atoms with van der Waals surface area (Å²) in [5.74, 6) is 0. The lowest BCUT2D eigenvalue weighted by Crippen LogP contribution is -2.62. The highest BCUT2D eigenvalue weighted by Crippen LogP contribution is 2.58. The topological polar surface area (TPSA) is 46.2 Å². The van der Waals surface area contributed by atoms with E-state index in [9.17, 15) is 8.42 Å². The van der Waals surface area contributed by atoms with Gasteiger partial charge in [-0.25, -0.2) is 8.42 Å². The van der Waals surface area contributed by atoms with Gasteiger partial charge in [0.15, 0.2) is 9.84 Å². The Morgan fingerprint density at radius 2 is 1.50 bits per heavy atom. The summed E-state index contributed by atoms with van der Waals surface area (Å²) < 4.78 is 24.1. The average molecular weight is 301 g/mol. The van der Waals surface area contributed by atoms with Crippen LogP contribution in [-0.4, -0.2) is 31.5 Å². The number of hydrogen-bond donors (Lipinski definition) is 1. The third kappa shape index (κ3) is 3.38. The van der Waals surface area contributed by atoms with Crippen LogP contribution in [0.25, 0.3) is 0 Å². The molecule has 0 aromatic rings. The van der Waals surface area contributed by atoms with E-state index in [1.807, 2.05) is 0 Å². The molecular weight excluding hydrogens is 270 g/mol. The first-order valence-corrected chi connectivity index (χ1v) is 9.92. The maximum atomic E-state index is 12.3. The first-order valence-electron chi connectivity index (χ1n) is 8.02. The minimum atomic E-state index is -3.00. The molecule has 0 aliphatic heterocycles. The van der Waals surface area contributed by atoms with Crippen LogP contribution < -0.4 is 5.32 Å². The number of rotatable bonds is 3. The van der Waals surface area contributed by atoms with Crippen LogP contribution in [0.15, 0.2) is 0 Å². The third-order valence-corrected chi connectivity index (χ3v) is 7.29. The maximum absolute atomic E-state index is 12.3. The Balaban J connectivity index is 2.09. The van der Waals surface area contributed by atoms with Gasteiger partial charge in [0.1, 0.15) is 0 Å². The summed E-state index contributed by atoms with van der Waals surface area (Å²) in [7, 11) is -3.00. The zero-order valence-electron chi connectivity index (χ0n) is 13.6. The average Bonchev–Trinajstić information content (AvgIpc) is 2.46. The van der Waals surface area contributed by atoms with E-state index in [-0.39, 0.29) is 5.54 Å². The van der Waals surface area contributed by atoms with Crippen LogP contribution in [0, 0.1) is 5.41 Å². The van der Waals surface area contributed by atoms with Crippen molar-refractivity contribution in [3.05, 3.63) is 0 Å². The predicted molar refractivity (Wildman–Crippen MR) is 84.7 cm³/mol. The summed E-state index contributed by atoms with van der Waals surface area (Å²) in [5.41, 5.74) is 0.309. The van der Waals surface area contributed by atoms with Gasteiger partial charge >= 0.3 is 0 Å². The molecule has 3 nitrogen and oxygen atoms in total. The molecule has 0 amide bonds. The molecule has 0 unspecified atom stereocenters. The van der Waals surface area contributed by atoms with Crippen LogP contribution in [0.2, 0.25) is 0 Å². The predicted octanol–water partition coefficient (Wildman–Crippen LogP) is 3.29. The molecule has 0 atom stereocenters. The molecule has 20 heavy (non-hydrogen) atoms. The van der Waals surface area contributed by atoms with E-state index in [0.717, 1.165) is 12.8 Å². The summed E-state index contributed by atoms with van der Waals surface area (Å²) in [6.45, 7) is 6.91. The van der Waals surface area contributed by atoms with Gasteiger partial charge in [0, 0.05) is 18.3 Å².